The summed E-state index contributed by atoms with van der Waals surface area (Å²) in [5.41, 5.74) is 1.98. The number of hydrogen-bond acceptors (Lipinski definition) is 4. The van der Waals surface area contributed by atoms with Gasteiger partial charge in [-0.25, -0.2) is 0 Å². The van der Waals surface area contributed by atoms with Gasteiger partial charge in [-0.05, 0) is 30.7 Å². The van der Waals surface area contributed by atoms with Crippen molar-refractivity contribution in [1.82, 2.24) is 4.98 Å². The monoisotopic (exact) mass is 257 g/mol. The highest BCUT2D eigenvalue weighted by molar-refractivity contribution is 6.10. The largest absolute Gasteiger partial charge is 0.497 e. The molecule has 0 bridgehead atoms. The first-order valence-corrected chi connectivity index (χ1v) is 5.84. The summed E-state index contributed by atoms with van der Waals surface area (Å²) in [4.78, 5) is 16.5. The van der Waals surface area contributed by atoms with Crippen LogP contribution in [0.4, 0.5) is 0 Å². The van der Waals surface area contributed by atoms with E-state index in [1.807, 2.05) is 6.92 Å². The van der Waals surface area contributed by atoms with E-state index >= 15 is 0 Å². The van der Waals surface area contributed by atoms with Crippen molar-refractivity contribution in [2.24, 2.45) is 0 Å². The third kappa shape index (κ3) is 2.73. The molecular weight excluding hydrogens is 242 g/mol. The highest BCUT2D eigenvalue weighted by Crippen LogP contribution is 2.26. The summed E-state index contributed by atoms with van der Waals surface area (Å²) in [6.07, 6.45) is 3.26. The number of nitrogens with zero attached hydrogens (tertiary/aromatic N) is 1. The van der Waals surface area contributed by atoms with Gasteiger partial charge in [-0.2, -0.15) is 0 Å². The lowest BCUT2D eigenvalue weighted by atomic mass is 10.0. The van der Waals surface area contributed by atoms with Gasteiger partial charge in [0.25, 0.3) is 0 Å². The first-order valence-electron chi connectivity index (χ1n) is 5.84. The van der Waals surface area contributed by atoms with Crippen LogP contribution in [0.3, 0.4) is 0 Å². The van der Waals surface area contributed by atoms with Crippen molar-refractivity contribution in [2.45, 2.75) is 6.92 Å². The van der Waals surface area contributed by atoms with Crippen molar-refractivity contribution in [3.63, 3.8) is 0 Å². The number of methoxy groups -OCH3 is 2. The molecule has 4 heteroatoms. The van der Waals surface area contributed by atoms with Crippen LogP contribution in [0.2, 0.25) is 0 Å². The first-order chi connectivity index (χ1) is 9.15. The van der Waals surface area contributed by atoms with Gasteiger partial charge in [0.05, 0.1) is 19.8 Å². The molecule has 1 aromatic carbocycles. The molecule has 0 aliphatic carbocycles. The van der Waals surface area contributed by atoms with Gasteiger partial charge in [0.2, 0.25) is 0 Å². The lowest BCUT2D eigenvalue weighted by Crippen LogP contribution is -2.05. The van der Waals surface area contributed by atoms with Crippen LogP contribution in [0.5, 0.6) is 11.5 Å². The van der Waals surface area contributed by atoms with E-state index in [1.165, 1.54) is 7.11 Å². The third-order valence-corrected chi connectivity index (χ3v) is 2.79. The summed E-state index contributed by atoms with van der Waals surface area (Å²) in [5.74, 6) is 1.03. The summed E-state index contributed by atoms with van der Waals surface area (Å²) in [6.45, 7) is 1.90. The number of carbonyl (C=O) groups is 1. The zero-order valence-corrected chi connectivity index (χ0v) is 11.1. The molecule has 98 valence electrons. The third-order valence-electron chi connectivity index (χ3n) is 2.79. The summed E-state index contributed by atoms with van der Waals surface area (Å²) >= 11 is 0. The van der Waals surface area contributed by atoms with Crippen molar-refractivity contribution in [3.8, 4) is 11.5 Å². The number of hydrogen-bond donors (Lipinski definition) is 0. The molecule has 2 rings (SSSR count). The predicted octanol–water partition coefficient (Wildman–Crippen LogP) is 2.64. The van der Waals surface area contributed by atoms with E-state index in [2.05, 4.69) is 4.98 Å². The van der Waals surface area contributed by atoms with Crippen molar-refractivity contribution >= 4 is 5.78 Å². The summed E-state index contributed by atoms with van der Waals surface area (Å²) < 4.78 is 10.4. The Morgan fingerprint density at radius 3 is 2.53 bits per heavy atom. The van der Waals surface area contributed by atoms with E-state index in [0.717, 1.165) is 5.56 Å². The minimum Gasteiger partial charge on any atom is -0.497 e. The molecule has 0 radical (unpaired) electrons. The molecule has 2 aromatic rings. The van der Waals surface area contributed by atoms with Crippen molar-refractivity contribution in [2.75, 3.05) is 14.2 Å². The average Bonchev–Trinajstić information content (AvgIpc) is 2.45. The molecule has 0 saturated heterocycles. The van der Waals surface area contributed by atoms with Gasteiger partial charge in [-0.3, -0.25) is 9.78 Å². The van der Waals surface area contributed by atoms with Crippen LogP contribution >= 0.6 is 0 Å². The Balaban J connectivity index is 2.44. The summed E-state index contributed by atoms with van der Waals surface area (Å²) in [6, 6.07) is 6.93. The molecule has 4 nitrogen and oxygen atoms in total. The van der Waals surface area contributed by atoms with Gasteiger partial charge in [-0.1, -0.05) is 0 Å². The Bertz CT molecular complexity index is 608. The Hall–Kier alpha value is -2.36. The standard InChI is InChI=1S/C15H15NO3/c1-10-6-11(9-16-8-10)15(17)13-5-4-12(18-2)7-14(13)19-3/h4-9H,1-3H3. The smallest absolute Gasteiger partial charge is 0.198 e. The highest BCUT2D eigenvalue weighted by Gasteiger charge is 2.15. The zero-order chi connectivity index (χ0) is 13.8. The van der Waals surface area contributed by atoms with E-state index in [1.54, 1.807) is 43.8 Å². The maximum Gasteiger partial charge on any atom is 0.198 e. The lowest BCUT2D eigenvalue weighted by Gasteiger charge is -2.09. The molecule has 19 heavy (non-hydrogen) atoms. The minimum atomic E-state index is -0.115. The number of benzene rings is 1. The van der Waals surface area contributed by atoms with E-state index in [-0.39, 0.29) is 5.78 Å². The van der Waals surface area contributed by atoms with Crippen molar-refractivity contribution in [3.05, 3.63) is 53.3 Å². The topological polar surface area (TPSA) is 48.4 Å². The minimum absolute atomic E-state index is 0.115. The normalized spacial score (nSPS) is 10.1. The van der Waals surface area contributed by atoms with Crippen LogP contribution in [0.1, 0.15) is 21.5 Å². The quantitative estimate of drug-likeness (QED) is 0.790. The number of rotatable bonds is 4. The number of aromatic nitrogens is 1. The molecule has 1 heterocycles. The number of ether oxygens (including phenoxy) is 2. The second kappa shape index (κ2) is 5.52. The maximum absolute atomic E-state index is 12.4. The van der Waals surface area contributed by atoms with Crippen LogP contribution in [0.25, 0.3) is 0 Å². The van der Waals surface area contributed by atoms with E-state index in [9.17, 15) is 4.79 Å². The molecule has 0 fully saturated rings. The molecule has 0 atom stereocenters. The molecule has 0 unspecified atom stereocenters. The van der Waals surface area contributed by atoms with E-state index in [0.29, 0.717) is 22.6 Å². The Morgan fingerprint density at radius 2 is 1.89 bits per heavy atom. The molecule has 0 aliphatic heterocycles. The lowest BCUT2D eigenvalue weighted by molar-refractivity contribution is 0.103. The molecule has 0 aliphatic rings. The van der Waals surface area contributed by atoms with Gasteiger partial charge in [0, 0.05) is 24.0 Å². The second-order valence-corrected chi connectivity index (χ2v) is 4.15. The van der Waals surface area contributed by atoms with Gasteiger partial charge in [-0.15, -0.1) is 0 Å². The predicted molar refractivity (Wildman–Crippen MR) is 72.0 cm³/mol. The Morgan fingerprint density at radius 1 is 1.11 bits per heavy atom. The van der Waals surface area contributed by atoms with Crippen LogP contribution in [0.15, 0.2) is 36.7 Å². The van der Waals surface area contributed by atoms with Crippen molar-refractivity contribution < 1.29 is 14.3 Å². The molecule has 0 N–H and O–H groups in total. The van der Waals surface area contributed by atoms with Gasteiger partial charge >= 0.3 is 0 Å². The highest BCUT2D eigenvalue weighted by atomic mass is 16.5. The van der Waals surface area contributed by atoms with Crippen LogP contribution in [-0.2, 0) is 0 Å². The average molecular weight is 257 g/mol. The zero-order valence-electron chi connectivity index (χ0n) is 11.1. The second-order valence-electron chi connectivity index (χ2n) is 4.15. The number of carbonyl (C=O) groups excluding carboxylic acids is 1. The van der Waals surface area contributed by atoms with Gasteiger partial charge < -0.3 is 9.47 Å². The SMILES string of the molecule is COc1ccc(C(=O)c2cncc(C)c2)c(OC)c1. The molecule has 0 spiro atoms. The molecule has 0 saturated carbocycles. The number of pyridine rings is 1. The Labute approximate surface area is 112 Å². The van der Waals surface area contributed by atoms with E-state index < -0.39 is 0 Å². The first kappa shape index (κ1) is 13.1. The van der Waals surface area contributed by atoms with E-state index in [4.69, 9.17) is 9.47 Å². The van der Waals surface area contributed by atoms with Crippen molar-refractivity contribution in [1.29, 1.82) is 0 Å². The molecular formula is C15H15NO3. The summed E-state index contributed by atoms with van der Waals surface area (Å²) in [5, 5.41) is 0. The molecule has 0 amide bonds. The fourth-order valence-electron chi connectivity index (χ4n) is 1.82. The molecule has 1 aromatic heterocycles. The number of aryl methyl sites for hydroxylation is 1. The fourth-order valence-corrected chi connectivity index (χ4v) is 1.82. The fraction of sp³-hybridized carbons (Fsp3) is 0.200. The van der Waals surface area contributed by atoms with Gasteiger partial charge in [0.1, 0.15) is 11.5 Å². The number of ketones is 1. The Kier molecular flexibility index (Phi) is 3.80. The van der Waals surface area contributed by atoms with Gasteiger partial charge in [0.15, 0.2) is 5.78 Å². The van der Waals surface area contributed by atoms with Crippen LogP contribution in [0, 0.1) is 6.92 Å². The van der Waals surface area contributed by atoms with Crippen LogP contribution < -0.4 is 9.47 Å². The maximum atomic E-state index is 12.4. The van der Waals surface area contributed by atoms with Crippen LogP contribution in [-0.4, -0.2) is 25.0 Å². The summed E-state index contributed by atoms with van der Waals surface area (Å²) in [7, 11) is 3.10.